The average molecular weight is 421 g/mol. The van der Waals surface area contributed by atoms with Crippen molar-refractivity contribution in [2.75, 3.05) is 25.6 Å². The van der Waals surface area contributed by atoms with E-state index in [1.54, 1.807) is 19.2 Å². The van der Waals surface area contributed by atoms with Gasteiger partial charge in [0.05, 0.1) is 31.0 Å². The van der Waals surface area contributed by atoms with Crippen LogP contribution < -0.4 is 14.8 Å². The summed E-state index contributed by atoms with van der Waals surface area (Å²) in [7, 11) is 1.55. The van der Waals surface area contributed by atoms with Crippen molar-refractivity contribution < 1.29 is 19.1 Å². The van der Waals surface area contributed by atoms with Crippen molar-refractivity contribution in [3.8, 4) is 11.5 Å². The van der Waals surface area contributed by atoms with Crippen LogP contribution in [0.2, 0.25) is 0 Å². The van der Waals surface area contributed by atoms with Crippen molar-refractivity contribution in [2.45, 2.75) is 38.6 Å². The average Bonchev–Trinajstić information content (AvgIpc) is 3.20. The number of aryl methyl sites for hydroxylation is 1. The van der Waals surface area contributed by atoms with Crippen molar-refractivity contribution in [1.29, 1.82) is 0 Å². The largest absolute Gasteiger partial charge is 0.493 e. The zero-order valence-electron chi connectivity index (χ0n) is 17.9. The first-order valence-electron chi connectivity index (χ1n) is 10.6. The quantitative estimate of drug-likeness (QED) is 0.682. The number of benzene rings is 2. The lowest BCUT2D eigenvalue weighted by atomic mass is 10.1. The molecule has 1 unspecified atom stereocenters. The number of ether oxygens (including phenoxy) is 2. The number of amides is 2. The molecule has 1 saturated heterocycles. The number of carbonyl (C=O) groups is 2. The summed E-state index contributed by atoms with van der Waals surface area (Å²) in [5.74, 6) is 0.931. The van der Waals surface area contributed by atoms with E-state index >= 15 is 0 Å². The lowest BCUT2D eigenvalue weighted by Gasteiger charge is -2.20. The summed E-state index contributed by atoms with van der Waals surface area (Å²) >= 11 is 0. The zero-order chi connectivity index (χ0) is 21.8. The Balaban J connectivity index is 1.36. The van der Waals surface area contributed by atoms with Gasteiger partial charge in [0, 0.05) is 30.9 Å². The van der Waals surface area contributed by atoms with Crippen LogP contribution in [-0.4, -0.2) is 49.2 Å². The highest BCUT2D eigenvalue weighted by atomic mass is 16.5. The number of aliphatic imine (C=N–C) groups is 1. The highest BCUT2D eigenvalue weighted by Gasteiger charge is 2.32. The predicted molar refractivity (Wildman–Crippen MR) is 120 cm³/mol. The number of anilines is 1. The second kappa shape index (κ2) is 9.20. The van der Waals surface area contributed by atoms with Gasteiger partial charge in [0.15, 0.2) is 11.5 Å². The lowest BCUT2D eigenvalue weighted by molar-refractivity contribution is -0.116. The molecule has 162 valence electrons. The summed E-state index contributed by atoms with van der Waals surface area (Å²) < 4.78 is 11.3. The molecule has 31 heavy (non-hydrogen) atoms. The summed E-state index contributed by atoms with van der Waals surface area (Å²) in [5, 5.41) is 2.88. The van der Waals surface area contributed by atoms with Crippen molar-refractivity contribution in [1.82, 2.24) is 4.90 Å². The number of fused-ring (bicyclic) bond motifs is 2. The second-order valence-electron chi connectivity index (χ2n) is 7.87. The molecule has 4 rings (SSSR count). The van der Waals surface area contributed by atoms with Gasteiger partial charge < -0.3 is 19.7 Å². The van der Waals surface area contributed by atoms with Crippen LogP contribution >= 0.6 is 0 Å². The van der Waals surface area contributed by atoms with Crippen LogP contribution in [-0.2, 0) is 4.79 Å². The topological polar surface area (TPSA) is 80.2 Å². The minimum Gasteiger partial charge on any atom is -0.493 e. The second-order valence-corrected chi connectivity index (χ2v) is 7.87. The van der Waals surface area contributed by atoms with E-state index in [0.717, 1.165) is 30.6 Å². The molecule has 0 bridgehead atoms. The zero-order valence-corrected chi connectivity index (χ0v) is 17.9. The van der Waals surface area contributed by atoms with Crippen molar-refractivity contribution >= 4 is 29.4 Å². The standard InChI is InChI=1S/C24H27N3O4/c1-16-7-9-17(10-8-16)26-23(28)6-4-12-31-22-14-20-19(13-21(22)30-2)24(29)27-11-3-5-18(27)15-25-20/h7-10,13-15,18H,3-6,11-12H2,1-2H3,(H,26,28). The smallest absolute Gasteiger partial charge is 0.256 e. The monoisotopic (exact) mass is 421 g/mol. The molecule has 1 atom stereocenters. The van der Waals surface area contributed by atoms with E-state index in [1.807, 2.05) is 42.3 Å². The van der Waals surface area contributed by atoms with E-state index < -0.39 is 0 Å². The maximum atomic E-state index is 12.9. The highest BCUT2D eigenvalue weighted by molar-refractivity contribution is 6.03. The van der Waals surface area contributed by atoms with E-state index in [4.69, 9.17) is 9.47 Å². The summed E-state index contributed by atoms with van der Waals surface area (Å²) in [6, 6.07) is 11.2. The summed E-state index contributed by atoms with van der Waals surface area (Å²) in [4.78, 5) is 31.4. The van der Waals surface area contributed by atoms with Gasteiger partial charge in [0.1, 0.15) is 0 Å². The number of carbonyl (C=O) groups excluding carboxylic acids is 2. The number of rotatable bonds is 7. The lowest BCUT2D eigenvalue weighted by Crippen LogP contribution is -2.35. The first kappa shape index (κ1) is 20.9. The number of hydrogen-bond acceptors (Lipinski definition) is 5. The van der Waals surface area contributed by atoms with Crippen LogP contribution in [0.4, 0.5) is 11.4 Å². The van der Waals surface area contributed by atoms with Crippen LogP contribution in [0.5, 0.6) is 11.5 Å². The molecule has 2 aromatic rings. The number of hydrogen-bond donors (Lipinski definition) is 1. The van der Waals surface area contributed by atoms with Crippen molar-refractivity contribution in [3.63, 3.8) is 0 Å². The Morgan fingerprint density at radius 2 is 2.03 bits per heavy atom. The van der Waals surface area contributed by atoms with Crippen LogP contribution in [0, 0.1) is 6.92 Å². The van der Waals surface area contributed by atoms with Crippen LogP contribution in [0.1, 0.15) is 41.6 Å². The molecule has 7 nitrogen and oxygen atoms in total. The fraction of sp³-hybridized carbons (Fsp3) is 0.375. The van der Waals surface area contributed by atoms with Gasteiger partial charge in [-0.25, -0.2) is 0 Å². The minimum absolute atomic E-state index is 0.0207. The number of methoxy groups -OCH3 is 1. The first-order chi connectivity index (χ1) is 15.0. The molecule has 7 heteroatoms. The Labute approximate surface area is 182 Å². The number of nitrogens with one attached hydrogen (secondary N) is 1. The van der Waals surface area contributed by atoms with E-state index in [1.165, 1.54) is 0 Å². The third kappa shape index (κ3) is 4.71. The summed E-state index contributed by atoms with van der Waals surface area (Å²) in [6.45, 7) is 3.10. The SMILES string of the molecule is COc1cc2c(cc1OCCCC(=O)Nc1ccc(C)cc1)N=CC1CCCN1C2=O. The molecule has 0 saturated carbocycles. The predicted octanol–water partition coefficient (Wildman–Crippen LogP) is 4.12. The van der Waals surface area contributed by atoms with Gasteiger partial charge >= 0.3 is 0 Å². The van der Waals surface area contributed by atoms with Crippen LogP contribution in [0.3, 0.4) is 0 Å². The molecule has 1 N–H and O–H groups in total. The van der Waals surface area contributed by atoms with Gasteiger partial charge in [-0.1, -0.05) is 17.7 Å². The van der Waals surface area contributed by atoms with E-state index in [-0.39, 0.29) is 17.9 Å². The molecule has 2 aliphatic heterocycles. The summed E-state index contributed by atoms with van der Waals surface area (Å²) in [5.41, 5.74) is 3.05. The highest BCUT2D eigenvalue weighted by Crippen LogP contribution is 2.38. The van der Waals surface area contributed by atoms with Crippen molar-refractivity contribution in [2.24, 2.45) is 4.99 Å². The third-order valence-corrected chi connectivity index (χ3v) is 5.60. The fourth-order valence-electron chi connectivity index (χ4n) is 3.90. The van der Waals surface area contributed by atoms with Gasteiger partial charge in [-0.15, -0.1) is 0 Å². The van der Waals surface area contributed by atoms with Crippen LogP contribution in [0.15, 0.2) is 41.4 Å². The van der Waals surface area contributed by atoms with Gasteiger partial charge in [0.25, 0.3) is 5.91 Å². The number of nitrogens with zero attached hydrogens (tertiary/aromatic N) is 2. The first-order valence-corrected chi connectivity index (χ1v) is 10.6. The van der Waals surface area contributed by atoms with Gasteiger partial charge in [0.2, 0.25) is 5.91 Å². The molecular formula is C24H27N3O4. The van der Waals surface area contributed by atoms with Gasteiger partial charge in [-0.05, 0) is 44.4 Å². The van der Waals surface area contributed by atoms with E-state index in [2.05, 4.69) is 10.3 Å². The molecule has 2 aromatic carbocycles. The maximum absolute atomic E-state index is 12.9. The Bertz CT molecular complexity index is 1000. The molecule has 2 amide bonds. The maximum Gasteiger partial charge on any atom is 0.256 e. The fourth-order valence-corrected chi connectivity index (χ4v) is 3.90. The Morgan fingerprint density at radius 3 is 2.81 bits per heavy atom. The Kier molecular flexibility index (Phi) is 6.21. The molecule has 1 fully saturated rings. The van der Waals surface area contributed by atoms with Gasteiger partial charge in [-0.2, -0.15) is 0 Å². The summed E-state index contributed by atoms with van der Waals surface area (Å²) in [6.07, 6.45) is 4.68. The Morgan fingerprint density at radius 1 is 1.23 bits per heavy atom. The molecule has 0 radical (unpaired) electrons. The van der Waals surface area contributed by atoms with E-state index in [9.17, 15) is 9.59 Å². The Hall–Kier alpha value is -3.35. The minimum atomic E-state index is -0.0582. The van der Waals surface area contributed by atoms with E-state index in [0.29, 0.717) is 42.2 Å². The molecule has 0 aromatic heterocycles. The molecule has 0 spiro atoms. The third-order valence-electron chi connectivity index (χ3n) is 5.60. The van der Waals surface area contributed by atoms with Crippen LogP contribution in [0.25, 0.3) is 0 Å². The molecule has 2 aliphatic rings. The molecular weight excluding hydrogens is 394 g/mol. The van der Waals surface area contributed by atoms with Gasteiger partial charge in [-0.3, -0.25) is 14.6 Å². The van der Waals surface area contributed by atoms with Crippen molar-refractivity contribution in [3.05, 3.63) is 47.5 Å². The molecule has 0 aliphatic carbocycles. The molecule has 2 heterocycles. The normalized spacial score (nSPS) is 17.0.